The molecule has 6 nitrogen and oxygen atoms in total. The number of aryl methyl sites for hydroxylation is 1. The molecule has 0 atom stereocenters. The molecule has 0 aliphatic heterocycles. The Kier molecular flexibility index (Phi) is 5.10. The van der Waals surface area contributed by atoms with Crippen LogP contribution in [0.3, 0.4) is 0 Å². The number of aromatic amines is 1. The number of H-pyrrole nitrogens is 1. The maximum atomic E-state index is 11.5. The van der Waals surface area contributed by atoms with E-state index in [1.54, 1.807) is 26.0 Å². The summed E-state index contributed by atoms with van der Waals surface area (Å²) in [6, 6.07) is 7.13. The molecule has 0 saturated heterocycles. The van der Waals surface area contributed by atoms with E-state index in [1.807, 2.05) is 12.1 Å². The van der Waals surface area contributed by atoms with Crippen LogP contribution in [0.4, 0.5) is 0 Å². The molecule has 0 spiro atoms. The van der Waals surface area contributed by atoms with Gasteiger partial charge < -0.3 is 4.74 Å². The summed E-state index contributed by atoms with van der Waals surface area (Å²) >= 11 is 1.38. The summed E-state index contributed by atoms with van der Waals surface area (Å²) in [5, 5.41) is 8.15. The minimum Gasteiger partial charge on any atom is -0.462 e. The lowest BCUT2D eigenvalue weighted by molar-refractivity contribution is 0.0526. The molecule has 0 aliphatic rings. The van der Waals surface area contributed by atoms with Crippen LogP contribution in [0.15, 0.2) is 34.2 Å². The molecular formula is C14H15N3O3S. The van der Waals surface area contributed by atoms with Crippen molar-refractivity contribution in [3.05, 3.63) is 51.4 Å². The van der Waals surface area contributed by atoms with Crippen molar-refractivity contribution in [2.45, 2.75) is 24.8 Å². The summed E-state index contributed by atoms with van der Waals surface area (Å²) in [6.45, 7) is 3.73. The Morgan fingerprint density at radius 2 is 2.00 bits per heavy atom. The van der Waals surface area contributed by atoms with Crippen LogP contribution in [-0.2, 0) is 10.5 Å². The first kappa shape index (κ1) is 15.2. The fraction of sp³-hybridized carbons (Fsp3) is 0.286. The zero-order chi connectivity index (χ0) is 15.2. The molecule has 1 aromatic carbocycles. The minimum absolute atomic E-state index is 0.231. The smallest absolute Gasteiger partial charge is 0.338 e. The van der Waals surface area contributed by atoms with Gasteiger partial charge in [0.05, 0.1) is 12.2 Å². The summed E-state index contributed by atoms with van der Waals surface area (Å²) in [7, 11) is 0. The van der Waals surface area contributed by atoms with Gasteiger partial charge in [-0.1, -0.05) is 23.9 Å². The standard InChI is InChI=1S/C14H15N3O3S/c1-3-20-13(19)11-6-4-10(5-7-11)8-21-14-15-12(18)9(2)16-17-14/h4-7H,3,8H2,1-2H3,(H,15,17,18). The van der Waals surface area contributed by atoms with E-state index in [0.29, 0.717) is 28.8 Å². The first-order valence-corrected chi connectivity index (χ1v) is 7.41. The van der Waals surface area contributed by atoms with Crippen LogP contribution in [0.2, 0.25) is 0 Å². The molecular weight excluding hydrogens is 290 g/mol. The number of carbonyl (C=O) groups is 1. The quantitative estimate of drug-likeness (QED) is 0.671. The lowest BCUT2D eigenvalue weighted by Gasteiger charge is -2.04. The monoisotopic (exact) mass is 305 g/mol. The Bertz CT molecular complexity index is 683. The average molecular weight is 305 g/mol. The number of hydrogen-bond donors (Lipinski definition) is 1. The number of esters is 1. The highest BCUT2D eigenvalue weighted by molar-refractivity contribution is 7.98. The zero-order valence-electron chi connectivity index (χ0n) is 11.8. The summed E-state index contributed by atoms with van der Waals surface area (Å²) < 4.78 is 4.92. The normalized spacial score (nSPS) is 10.4. The van der Waals surface area contributed by atoms with E-state index in [4.69, 9.17) is 4.74 Å². The maximum Gasteiger partial charge on any atom is 0.338 e. The molecule has 2 aromatic rings. The van der Waals surface area contributed by atoms with Crippen LogP contribution in [0, 0.1) is 6.92 Å². The number of aromatic nitrogens is 3. The number of ether oxygens (including phenoxy) is 1. The predicted molar refractivity (Wildman–Crippen MR) is 79.3 cm³/mol. The Balaban J connectivity index is 1.98. The molecule has 1 heterocycles. The number of rotatable bonds is 5. The van der Waals surface area contributed by atoms with Gasteiger partial charge in [0.25, 0.3) is 5.56 Å². The molecule has 21 heavy (non-hydrogen) atoms. The van der Waals surface area contributed by atoms with E-state index >= 15 is 0 Å². The third kappa shape index (κ3) is 4.16. The molecule has 2 rings (SSSR count). The molecule has 110 valence electrons. The second-order valence-electron chi connectivity index (χ2n) is 4.25. The number of hydrogen-bond acceptors (Lipinski definition) is 6. The van der Waals surface area contributed by atoms with E-state index in [1.165, 1.54) is 11.8 Å². The number of benzene rings is 1. The van der Waals surface area contributed by atoms with Gasteiger partial charge in [-0.25, -0.2) is 4.79 Å². The van der Waals surface area contributed by atoms with Crippen molar-refractivity contribution >= 4 is 17.7 Å². The van der Waals surface area contributed by atoms with Crippen LogP contribution < -0.4 is 5.56 Å². The third-order valence-electron chi connectivity index (χ3n) is 2.68. The minimum atomic E-state index is -0.328. The summed E-state index contributed by atoms with van der Waals surface area (Å²) in [4.78, 5) is 25.6. The summed E-state index contributed by atoms with van der Waals surface area (Å²) in [6.07, 6.45) is 0. The van der Waals surface area contributed by atoms with Crippen molar-refractivity contribution < 1.29 is 9.53 Å². The van der Waals surface area contributed by atoms with Crippen LogP contribution in [-0.4, -0.2) is 27.8 Å². The van der Waals surface area contributed by atoms with E-state index in [2.05, 4.69) is 15.2 Å². The van der Waals surface area contributed by atoms with Gasteiger partial charge >= 0.3 is 5.97 Å². The Morgan fingerprint density at radius 1 is 1.29 bits per heavy atom. The highest BCUT2D eigenvalue weighted by Gasteiger charge is 2.06. The lowest BCUT2D eigenvalue weighted by atomic mass is 10.1. The Hall–Kier alpha value is -2.15. The van der Waals surface area contributed by atoms with Gasteiger partial charge in [0, 0.05) is 5.75 Å². The molecule has 7 heteroatoms. The predicted octanol–water partition coefficient (Wildman–Crippen LogP) is 1.94. The van der Waals surface area contributed by atoms with Gasteiger partial charge in [-0.2, -0.15) is 0 Å². The van der Waals surface area contributed by atoms with E-state index in [9.17, 15) is 9.59 Å². The Morgan fingerprint density at radius 3 is 2.62 bits per heavy atom. The Labute approximate surface area is 126 Å². The largest absolute Gasteiger partial charge is 0.462 e. The number of thioether (sulfide) groups is 1. The second-order valence-corrected chi connectivity index (χ2v) is 5.21. The van der Waals surface area contributed by atoms with Crippen LogP contribution in [0.5, 0.6) is 0 Å². The molecule has 0 bridgehead atoms. The fourth-order valence-corrected chi connectivity index (χ4v) is 2.31. The highest BCUT2D eigenvalue weighted by atomic mass is 32.2. The molecule has 0 fully saturated rings. The molecule has 0 saturated carbocycles. The van der Waals surface area contributed by atoms with Crippen molar-refractivity contribution in [3.8, 4) is 0 Å². The van der Waals surface area contributed by atoms with Gasteiger partial charge in [0.15, 0.2) is 5.16 Å². The fourth-order valence-electron chi connectivity index (χ4n) is 1.55. The molecule has 0 radical (unpaired) electrons. The highest BCUT2D eigenvalue weighted by Crippen LogP contribution is 2.18. The molecule has 0 amide bonds. The van der Waals surface area contributed by atoms with Crippen LogP contribution in [0.25, 0.3) is 0 Å². The summed E-state index contributed by atoms with van der Waals surface area (Å²) in [5.41, 5.74) is 1.65. The summed E-state index contributed by atoms with van der Waals surface area (Å²) in [5.74, 6) is 0.294. The number of carbonyl (C=O) groups excluding carboxylic acids is 1. The molecule has 1 N–H and O–H groups in total. The topological polar surface area (TPSA) is 84.9 Å². The van der Waals surface area contributed by atoms with Gasteiger partial charge in [-0.05, 0) is 31.5 Å². The van der Waals surface area contributed by atoms with E-state index in [0.717, 1.165) is 5.56 Å². The van der Waals surface area contributed by atoms with E-state index in [-0.39, 0.29) is 11.5 Å². The number of nitrogens with zero attached hydrogens (tertiary/aromatic N) is 2. The van der Waals surface area contributed by atoms with Crippen molar-refractivity contribution in [2.24, 2.45) is 0 Å². The van der Waals surface area contributed by atoms with Gasteiger partial charge in [0.1, 0.15) is 5.69 Å². The number of nitrogens with one attached hydrogen (secondary N) is 1. The van der Waals surface area contributed by atoms with Gasteiger partial charge in [-0.15, -0.1) is 10.2 Å². The van der Waals surface area contributed by atoms with Gasteiger partial charge in [0.2, 0.25) is 0 Å². The first-order valence-electron chi connectivity index (χ1n) is 6.42. The van der Waals surface area contributed by atoms with Crippen LogP contribution >= 0.6 is 11.8 Å². The first-order chi connectivity index (χ1) is 10.1. The molecule has 0 unspecified atom stereocenters. The lowest BCUT2D eigenvalue weighted by Crippen LogP contribution is -2.14. The van der Waals surface area contributed by atoms with Crippen LogP contribution in [0.1, 0.15) is 28.5 Å². The maximum absolute atomic E-state index is 11.5. The molecule has 0 aliphatic carbocycles. The van der Waals surface area contributed by atoms with Crippen molar-refractivity contribution in [3.63, 3.8) is 0 Å². The van der Waals surface area contributed by atoms with Crippen molar-refractivity contribution in [2.75, 3.05) is 6.61 Å². The van der Waals surface area contributed by atoms with Gasteiger partial charge in [-0.3, -0.25) is 9.78 Å². The average Bonchev–Trinajstić information content (AvgIpc) is 2.49. The zero-order valence-corrected chi connectivity index (χ0v) is 12.6. The van der Waals surface area contributed by atoms with Crippen molar-refractivity contribution in [1.82, 2.24) is 15.2 Å². The van der Waals surface area contributed by atoms with E-state index < -0.39 is 0 Å². The van der Waals surface area contributed by atoms with Crippen molar-refractivity contribution in [1.29, 1.82) is 0 Å². The second kappa shape index (κ2) is 7.03. The molecule has 1 aromatic heterocycles. The SMILES string of the molecule is CCOC(=O)c1ccc(CSc2nnc(C)c(=O)[nH]2)cc1. The third-order valence-corrected chi connectivity index (χ3v) is 3.62.